The summed E-state index contributed by atoms with van der Waals surface area (Å²) in [5.41, 5.74) is -2.69. The van der Waals surface area contributed by atoms with Gasteiger partial charge < -0.3 is 14.2 Å². The van der Waals surface area contributed by atoms with Crippen molar-refractivity contribution in [3.8, 4) is 0 Å². The molecule has 1 saturated heterocycles. The van der Waals surface area contributed by atoms with Crippen LogP contribution in [0, 0.1) is 35.0 Å². The maximum Gasteiger partial charge on any atom is 0.351 e. The van der Waals surface area contributed by atoms with Gasteiger partial charge in [-0.3, -0.25) is 13.9 Å². The van der Waals surface area contributed by atoms with Gasteiger partial charge in [-0.25, -0.2) is 13.2 Å². The third kappa shape index (κ3) is 5.28. The molecule has 3 saturated carbocycles. The molecule has 52 heavy (non-hydrogen) atoms. The molecular formula is C42H53NO8S. The molecule has 7 rings (SSSR count). The zero-order valence-electron chi connectivity index (χ0n) is 31.6. The Morgan fingerprint density at radius 1 is 0.885 bits per heavy atom. The number of sulfonamides is 1. The molecular weight excluding hydrogens is 679 g/mol. The number of ether oxygens (including phenoxy) is 3. The standard InChI is InChI=1S/C42H53NO8S/c1-27-18-20-30(21-19-27)52(47,48)43(26-28-14-10-8-11-15-28)34-33(29-16-12-9-13-17-29)31-22-23-32(42(31,34)37(46)50-38(2,3)4)49-36(45)41-25-24-40(7,35(44)51-41)39(41,5)6/h8,10-11,14-15,18-21,29,31-32H,9,12-13,16-17,22-26H2,1-7H3/t31-,32-,40-,41+,42-/m0/s1. The molecule has 2 aromatic rings. The molecule has 5 aliphatic rings. The first-order chi connectivity index (χ1) is 24.4. The number of hydrogen-bond acceptors (Lipinski definition) is 8. The van der Waals surface area contributed by atoms with E-state index in [0.717, 1.165) is 48.8 Å². The van der Waals surface area contributed by atoms with Gasteiger partial charge in [-0.1, -0.05) is 81.1 Å². The summed E-state index contributed by atoms with van der Waals surface area (Å²) in [5.74, 6) is -2.00. The van der Waals surface area contributed by atoms with Crippen LogP contribution in [0.5, 0.6) is 0 Å². The second-order valence-electron chi connectivity index (χ2n) is 17.5. The van der Waals surface area contributed by atoms with Crippen molar-refractivity contribution in [3.05, 3.63) is 77.0 Å². The van der Waals surface area contributed by atoms with Crippen molar-refractivity contribution in [1.82, 2.24) is 4.31 Å². The number of rotatable bonds is 9. The fourth-order valence-corrected chi connectivity index (χ4v) is 11.5. The number of benzene rings is 2. The smallest absolute Gasteiger partial charge is 0.351 e. The highest BCUT2D eigenvalue weighted by Gasteiger charge is 2.78. The number of fused-ring (bicyclic) bond motifs is 3. The average Bonchev–Trinajstić information content (AvgIpc) is 3.55. The van der Waals surface area contributed by atoms with E-state index in [0.29, 0.717) is 31.4 Å². The number of hydrogen-bond donors (Lipinski definition) is 0. The van der Waals surface area contributed by atoms with Crippen LogP contribution in [0.15, 0.2) is 70.8 Å². The van der Waals surface area contributed by atoms with Crippen molar-refractivity contribution in [1.29, 1.82) is 0 Å². The van der Waals surface area contributed by atoms with Crippen LogP contribution >= 0.6 is 0 Å². The summed E-state index contributed by atoms with van der Waals surface area (Å²) in [6.45, 7) is 12.8. The molecule has 10 heteroatoms. The summed E-state index contributed by atoms with van der Waals surface area (Å²) in [7, 11) is -4.26. The van der Waals surface area contributed by atoms with Gasteiger partial charge in [0.25, 0.3) is 10.0 Å². The van der Waals surface area contributed by atoms with Crippen LogP contribution in [-0.4, -0.2) is 47.9 Å². The molecule has 1 heterocycles. The lowest BCUT2D eigenvalue weighted by Gasteiger charge is -2.55. The van der Waals surface area contributed by atoms with Crippen LogP contribution in [0.25, 0.3) is 0 Å². The largest absolute Gasteiger partial charge is 0.459 e. The molecule has 4 aliphatic carbocycles. The zero-order chi connectivity index (χ0) is 37.5. The van der Waals surface area contributed by atoms with E-state index in [1.807, 2.05) is 58.0 Å². The van der Waals surface area contributed by atoms with Crippen LogP contribution in [-0.2, 0) is 45.2 Å². The Morgan fingerprint density at radius 2 is 1.54 bits per heavy atom. The minimum absolute atomic E-state index is 0.0204. The summed E-state index contributed by atoms with van der Waals surface area (Å²) in [6, 6.07) is 16.2. The molecule has 0 spiro atoms. The van der Waals surface area contributed by atoms with E-state index in [1.165, 1.54) is 4.31 Å². The third-order valence-corrected chi connectivity index (χ3v) is 15.0. The van der Waals surface area contributed by atoms with E-state index in [4.69, 9.17) is 14.2 Å². The van der Waals surface area contributed by atoms with Crippen molar-refractivity contribution >= 4 is 27.9 Å². The van der Waals surface area contributed by atoms with E-state index in [9.17, 15) is 9.59 Å². The molecule has 280 valence electrons. The normalized spacial score (nSPS) is 31.1. The predicted molar refractivity (Wildman–Crippen MR) is 195 cm³/mol. The van der Waals surface area contributed by atoms with E-state index >= 15 is 13.2 Å². The van der Waals surface area contributed by atoms with E-state index < -0.39 is 61.5 Å². The van der Waals surface area contributed by atoms with Gasteiger partial charge in [0.15, 0.2) is 5.41 Å². The summed E-state index contributed by atoms with van der Waals surface area (Å²) >= 11 is 0. The summed E-state index contributed by atoms with van der Waals surface area (Å²) in [4.78, 5) is 43.0. The Hall–Kier alpha value is -3.66. The Morgan fingerprint density at radius 3 is 2.12 bits per heavy atom. The van der Waals surface area contributed by atoms with Crippen LogP contribution in [0.4, 0.5) is 0 Å². The van der Waals surface area contributed by atoms with Gasteiger partial charge in [0.1, 0.15) is 11.7 Å². The van der Waals surface area contributed by atoms with Gasteiger partial charge in [-0.05, 0) is 102 Å². The van der Waals surface area contributed by atoms with Crippen LogP contribution in [0.3, 0.4) is 0 Å². The molecule has 4 fully saturated rings. The molecule has 0 amide bonds. The van der Waals surface area contributed by atoms with Crippen LogP contribution < -0.4 is 0 Å². The first kappa shape index (κ1) is 36.7. The highest BCUT2D eigenvalue weighted by Crippen LogP contribution is 2.69. The molecule has 0 N–H and O–H groups in total. The first-order valence-electron chi connectivity index (χ1n) is 19.0. The van der Waals surface area contributed by atoms with E-state index in [1.54, 1.807) is 45.0 Å². The van der Waals surface area contributed by atoms with Crippen molar-refractivity contribution in [2.45, 2.75) is 135 Å². The summed E-state index contributed by atoms with van der Waals surface area (Å²) < 4.78 is 50.4. The molecule has 2 aromatic carbocycles. The van der Waals surface area contributed by atoms with Gasteiger partial charge in [0.2, 0.25) is 5.60 Å². The number of allylic oxidation sites excluding steroid dienone is 1. The molecule has 5 atom stereocenters. The van der Waals surface area contributed by atoms with Crippen molar-refractivity contribution in [2.75, 3.05) is 0 Å². The molecule has 0 unspecified atom stereocenters. The van der Waals surface area contributed by atoms with Crippen LogP contribution in [0.1, 0.15) is 110 Å². The summed E-state index contributed by atoms with van der Waals surface area (Å²) in [6.07, 6.45) is 5.53. The minimum Gasteiger partial charge on any atom is -0.459 e. The van der Waals surface area contributed by atoms with Crippen molar-refractivity contribution < 1.29 is 37.0 Å². The maximum atomic E-state index is 15.1. The monoisotopic (exact) mass is 731 g/mol. The Balaban J connectivity index is 1.42. The van der Waals surface area contributed by atoms with Crippen LogP contribution in [0.2, 0.25) is 0 Å². The lowest BCUT2D eigenvalue weighted by atomic mass is 9.55. The quantitative estimate of drug-likeness (QED) is 0.190. The van der Waals surface area contributed by atoms with Gasteiger partial charge in [-0.2, -0.15) is 0 Å². The lowest BCUT2D eigenvalue weighted by Crippen LogP contribution is -2.62. The van der Waals surface area contributed by atoms with Crippen molar-refractivity contribution in [3.63, 3.8) is 0 Å². The number of nitrogens with zero attached hydrogens (tertiary/aromatic N) is 1. The predicted octanol–water partition coefficient (Wildman–Crippen LogP) is 7.81. The zero-order valence-corrected chi connectivity index (χ0v) is 32.4. The molecule has 2 bridgehead atoms. The summed E-state index contributed by atoms with van der Waals surface area (Å²) in [5, 5.41) is 0. The maximum absolute atomic E-state index is 15.1. The van der Waals surface area contributed by atoms with E-state index in [2.05, 4.69) is 0 Å². The van der Waals surface area contributed by atoms with Gasteiger partial charge in [-0.15, -0.1) is 0 Å². The number of esters is 3. The Kier molecular flexibility index (Phi) is 8.79. The van der Waals surface area contributed by atoms with E-state index in [-0.39, 0.29) is 23.3 Å². The lowest BCUT2D eigenvalue weighted by molar-refractivity contribution is -0.198. The van der Waals surface area contributed by atoms with Gasteiger partial charge in [0, 0.05) is 11.3 Å². The fourth-order valence-electron chi connectivity index (χ4n) is 9.97. The molecule has 1 aliphatic heterocycles. The third-order valence-electron chi connectivity index (χ3n) is 13.3. The number of carbonyl (C=O) groups excluding carboxylic acids is 3. The molecule has 9 nitrogen and oxygen atoms in total. The Labute approximate surface area is 308 Å². The number of carbonyl (C=O) groups is 3. The second-order valence-corrected chi connectivity index (χ2v) is 19.4. The molecule has 0 aromatic heterocycles. The SMILES string of the molecule is Cc1ccc(S(=O)(=O)N(Cc2ccccc2)C2=C(C3CCCCC3)[C@@H]3CC[C@H](OC(=O)[C@@]45CC[C@@](C)(C(=O)O4)C5(C)C)[C@]23C(=O)OC(C)(C)C)cc1. The average molecular weight is 732 g/mol. The Bertz CT molecular complexity index is 1910. The minimum atomic E-state index is -4.26. The van der Waals surface area contributed by atoms with Gasteiger partial charge in [0.05, 0.1) is 22.6 Å². The second kappa shape index (κ2) is 12.5. The highest BCUT2D eigenvalue weighted by molar-refractivity contribution is 7.89. The first-order valence-corrected chi connectivity index (χ1v) is 20.4. The fraction of sp³-hybridized carbons (Fsp3) is 0.595. The molecule has 0 radical (unpaired) electrons. The number of aryl methyl sites for hydroxylation is 1. The topological polar surface area (TPSA) is 116 Å². The highest BCUT2D eigenvalue weighted by atomic mass is 32.2. The van der Waals surface area contributed by atoms with Crippen molar-refractivity contribution in [2.24, 2.45) is 28.1 Å². The van der Waals surface area contributed by atoms with Gasteiger partial charge >= 0.3 is 17.9 Å².